The Morgan fingerprint density at radius 1 is 1.24 bits per heavy atom. The van der Waals surface area contributed by atoms with E-state index in [0.717, 1.165) is 16.9 Å². The molecule has 21 heavy (non-hydrogen) atoms. The molecule has 0 aliphatic rings. The minimum Gasteiger partial charge on any atom is -0.388 e. The summed E-state index contributed by atoms with van der Waals surface area (Å²) in [5.41, 5.74) is 2.43. The molecule has 1 unspecified atom stereocenters. The third-order valence-electron chi connectivity index (χ3n) is 3.60. The Balaban J connectivity index is 1.94. The molecule has 3 nitrogen and oxygen atoms in total. The largest absolute Gasteiger partial charge is 0.388 e. The lowest BCUT2D eigenvalue weighted by atomic mass is 10.1. The van der Waals surface area contributed by atoms with E-state index in [1.165, 1.54) is 6.07 Å². The highest BCUT2D eigenvalue weighted by Crippen LogP contribution is 2.28. The monoisotopic (exact) mass is 348 g/mol. The van der Waals surface area contributed by atoms with Crippen molar-refractivity contribution < 1.29 is 9.50 Å². The van der Waals surface area contributed by atoms with Crippen LogP contribution in [0.2, 0.25) is 0 Å². The lowest BCUT2D eigenvalue weighted by Gasteiger charge is -2.13. The number of aromatic nitrogens is 2. The predicted octanol–water partition coefficient (Wildman–Crippen LogP) is 3.75. The van der Waals surface area contributed by atoms with Gasteiger partial charge in [0.1, 0.15) is 11.6 Å². The van der Waals surface area contributed by atoms with Crippen molar-refractivity contribution in [2.75, 3.05) is 0 Å². The highest BCUT2D eigenvalue weighted by Gasteiger charge is 2.17. The van der Waals surface area contributed by atoms with Gasteiger partial charge in [-0.1, -0.05) is 24.3 Å². The molecule has 3 aromatic rings. The third-order valence-corrected chi connectivity index (χ3v) is 4.43. The van der Waals surface area contributed by atoms with E-state index < -0.39 is 6.10 Å². The molecule has 1 N–H and O–H groups in total. The predicted molar refractivity (Wildman–Crippen MR) is 83.5 cm³/mol. The molecule has 2 aromatic carbocycles. The SMILES string of the molecule is Cn1c(CC(O)c2cccc(F)c2Br)nc2ccccc21. The molecular formula is C16H14BrFN2O. The van der Waals surface area contributed by atoms with E-state index in [4.69, 9.17) is 0 Å². The van der Waals surface area contributed by atoms with Gasteiger partial charge in [-0.3, -0.25) is 0 Å². The summed E-state index contributed by atoms with van der Waals surface area (Å²) < 4.78 is 15.8. The van der Waals surface area contributed by atoms with Crippen LogP contribution in [0, 0.1) is 5.82 Å². The Morgan fingerprint density at radius 2 is 2.00 bits per heavy atom. The van der Waals surface area contributed by atoms with E-state index in [-0.39, 0.29) is 5.82 Å². The number of aliphatic hydroxyl groups is 1. The summed E-state index contributed by atoms with van der Waals surface area (Å²) in [5.74, 6) is 0.386. The van der Waals surface area contributed by atoms with Gasteiger partial charge in [-0.15, -0.1) is 0 Å². The molecule has 0 bridgehead atoms. The molecule has 1 aromatic heterocycles. The lowest BCUT2D eigenvalue weighted by molar-refractivity contribution is 0.173. The number of benzene rings is 2. The molecule has 0 saturated carbocycles. The first-order valence-corrected chi connectivity index (χ1v) is 7.39. The van der Waals surface area contributed by atoms with Crippen molar-refractivity contribution >= 4 is 27.0 Å². The van der Waals surface area contributed by atoms with Crippen molar-refractivity contribution in [3.05, 3.63) is 64.1 Å². The zero-order valence-corrected chi connectivity index (χ0v) is 13.0. The molecule has 0 aliphatic carbocycles. The van der Waals surface area contributed by atoms with Crippen LogP contribution in [0.25, 0.3) is 11.0 Å². The first kappa shape index (κ1) is 14.2. The summed E-state index contributed by atoms with van der Waals surface area (Å²) in [6.07, 6.45) is -0.488. The third kappa shape index (κ3) is 2.59. The normalized spacial score (nSPS) is 12.8. The number of fused-ring (bicyclic) bond motifs is 1. The smallest absolute Gasteiger partial charge is 0.137 e. The van der Waals surface area contributed by atoms with Gasteiger partial charge in [-0.05, 0) is 39.7 Å². The molecule has 0 saturated heterocycles. The molecule has 5 heteroatoms. The van der Waals surface area contributed by atoms with Gasteiger partial charge in [0.05, 0.1) is 21.6 Å². The molecule has 0 fully saturated rings. The number of para-hydroxylation sites is 2. The number of aliphatic hydroxyl groups excluding tert-OH is 1. The maximum atomic E-state index is 13.5. The molecule has 1 heterocycles. The minimum absolute atomic E-state index is 0.302. The molecule has 3 rings (SSSR count). The first-order valence-electron chi connectivity index (χ1n) is 6.60. The van der Waals surface area contributed by atoms with Crippen LogP contribution in [0.5, 0.6) is 0 Å². The van der Waals surface area contributed by atoms with E-state index in [2.05, 4.69) is 20.9 Å². The summed E-state index contributed by atoms with van der Waals surface area (Å²) in [7, 11) is 1.91. The summed E-state index contributed by atoms with van der Waals surface area (Å²) in [4.78, 5) is 4.52. The number of aryl methyl sites for hydroxylation is 1. The van der Waals surface area contributed by atoms with E-state index in [9.17, 15) is 9.50 Å². The lowest BCUT2D eigenvalue weighted by Crippen LogP contribution is -2.08. The summed E-state index contributed by atoms with van der Waals surface area (Å²) in [6.45, 7) is 0. The molecular weight excluding hydrogens is 335 g/mol. The Kier molecular flexibility index (Phi) is 3.78. The summed E-state index contributed by atoms with van der Waals surface area (Å²) in [6, 6.07) is 12.5. The van der Waals surface area contributed by atoms with Gasteiger partial charge in [-0.25, -0.2) is 9.37 Å². The van der Waals surface area contributed by atoms with Crippen LogP contribution in [0.4, 0.5) is 4.39 Å². The Bertz CT molecular complexity index is 800. The van der Waals surface area contributed by atoms with Crippen molar-refractivity contribution in [1.82, 2.24) is 9.55 Å². The Morgan fingerprint density at radius 3 is 2.76 bits per heavy atom. The van der Waals surface area contributed by atoms with Crippen LogP contribution >= 0.6 is 15.9 Å². The average molecular weight is 349 g/mol. The van der Waals surface area contributed by atoms with Crippen LogP contribution in [0.15, 0.2) is 46.9 Å². The number of halogens is 2. The van der Waals surface area contributed by atoms with E-state index >= 15 is 0 Å². The van der Waals surface area contributed by atoms with Crippen LogP contribution in [-0.2, 0) is 13.5 Å². The molecule has 0 radical (unpaired) electrons. The number of hydrogen-bond donors (Lipinski definition) is 1. The fourth-order valence-corrected chi connectivity index (χ4v) is 2.97. The van der Waals surface area contributed by atoms with Crippen molar-refractivity contribution in [3.63, 3.8) is 0 Å². The second-order valence-electron chi connectivity index (χ2n) is 4.94. The maximum Gasteiger partial charge on any atom is 0.137 e. The number of nitrogens with zero attached hydrogens (tertiary/aromatic N) is 2. The van der Waals surface area contributed by atoms with Gasteiger partial charge >= 0.3 is 0 Å². The van der Waals surface area contributed by atoms with Crippen LogP contribution in [-0.4, -0.2) is 14.7 Å². The number of hydrogen-bond acceptors (Lipinski definition) is 2. The molecule has 108 valence electrons. The highest BCUT2D eigenvalue weighted by molar-refractivity contribution is 9.10. The summed E-state index contributed by atoms with van der Waals surface area (Å²) in [5, 5.41) is 10.4. The van der Waals surface area contributed by atoms with Gasteiger partial charge in [-0.2, -0.15) is 0 Å². The zero-order valence-electron chi connectivity index (χ0n) is 11.4. The van der Waals surface area contributed by atoms with E-state index in [1.54, 1.807) is 12.1 Å². The van der Waals surface area contributed by atoms with Gasteiger partial charge < -0.3 is 9.67 Å². The van der Waals surface area contributed by atoms with Gasteiger partial charge in [0.25, 0.3) is 0 Å². The Hall–Kier alpha value is -1.72. The van der Waals surface area contributed by atoms with Crippen LogP contribution in [0.1, 0.15) is 17.5 Å². The fourth-order valence-electron chi connectivity index (χ4n) is 2.44. The summed E-state index contributed by atoms with van der Waals surface area (Å²) >= 11 is 3.19. The van der Waals surface area contributed by atoms with Gasteiger partial charge in [0.15, 0.2) is 0 Å². The second-order valence-corrected chi connectivity index (χ2v) is 5.73. The zero-order chi connectivity index (χ0) is 15.0. The van der Waals surface area contributed by atoms with Crippen LogP contribution in [0.3, 0.4) is 0 Å². The standard InChI is InChI=1S/C16H14BrFN2O/c1-20-13-8-3-2-7-12(13)19-15(20)9-14(21)10-5-4-6-11(18)16(10)17/h2-8,14,21H,9H2,1H3. The number of rotatable bonds is 3. The number of imidazole rings is 1. The maximum absolute atomic E-state index is 13.5. The fraction of sp³-hybridized carbons (Fsp3) is 0.188. The van der Waals surface area contributed by atoms with Crippen molar-refractivity contribution in [3.8, 4) is 0 Å². The van der Waals surface area contributed by atoms with Crippen molar-refractivity contribution in [2.45, 2.75) is 12.5 Å². The van der Waals surface area contributed by atoms with Crippen molar-refractivity contribution in [1.29, 1.82) is 0 Å². The molecule has 0 aliphatic heterocycles. The molecule has 0 amide bonds. The Labute approximate surface area is 130 Å². The second kappa shape index (κ2) is 5.58. The topological polar surface area (TPSA) is 38.0 Å². The van der Waals surface area contributed by atoms with E-state index in [1.807, 2.05) is 35.9 Å². The quantitative estimate of drug-likeness (QED) is 0.782. The van der Waals surface area contributed by atoms with Crippen molar-refractivity contribution in [2.24, 2.45) is 7.05 Å². The minimum atomic E-state index is -0.814. The van der Waals surface area contributed by atoms with Gasteiger partial charge in [0, 0.05) is 13.5 Å². The van der Waals surface area contributed by atoms with Crippen LogP contribution < -0.4 is 0 Å². The molecule has 0 spiro atoms. The van der Waals surface area contributed by atoms with Gasteiger partial charge in [0.2, 0.25) is 0 Å². The van der Waals surface area contributed by atoms with E-state index in [0.29, 0.717) is 16.5 Å². The highest BCUT2D eigenvalue weighted by atomic mass is 79.9. The molecule has 1 atom stereocenters. The first-order chi connectivity index (χ1) is 10.1. The average Bonchev–Trinajstić information content (AvgIpc) is 2.79.